The second-order valence-corrected chi connectivity index (χ2v) is 4.08. The molecule has 104 valence electrons. The number of carbonyl (C=O) groups is 1. The molecular weight excluding hydrogens is 256 g/mol. The third kappa shape index (κ3) is 3.13. The van der Waals surface area contributed by atoms with Crippen LogP contribution in [0.2, 0.25) is 0 Å². The number of nitrogens with zero attached hydrogens (tertiary/aromatic N) is 1. The maximum absolute atomic E-state index is 10.9. The number of nitrogens with one attached hydrogen (secondary N) is 1. The Hall–Kier alpha value is -2.40. The Kier molecular flexibility index (Phi) is 4.68. The highest BCUT2D eigenvalue weighted by molar-refractivity contribution is 6.02. The smallest absolute Gasteiger partial charge is 0.265 e. The molecule has 0 bridgehead atoms. The molecule has 0 aromatic heterocycles. The quantitative estimate of drug-likeness (QED) is 0.642. The summed E-state index contributed by atoms with van der Waals surface area (Å²) in [6.45, 7) is 1.96. The summed E-state index contributed by atoms with van der Waals surface area (Å²) in [5.41, 5.74) is 3.10. The normalized spacial score (nSPS) is 10.9. The van der Waals surface area contributed by atoms with Crippen LogP contribution >= 0.6 is 0 Å². The summed E-state index contributed by atoms with van der Waals surface area (Å²) in [5, 5.41) is 14.4. The zero-order valence-corrected chi connectivity index (χ0v) is 11.2. The highest BCUT2D eigenvalue weighted by atomic mass is 16.5. The summed E-state index contributed by atoms with van der Waals surface area (Å²) >= 11 is 0. The SMILES string of the molecule is CCOc1ccc(/C=N/NC(=O)CO)c2ccccc12. The van der Waals surface area contributed by atoms with Gasteiger partial charge < -0.3 is 9.84 Å². The Morgan fingerprint density at radius 2 is 2.05 bits per heavy atom. The minimum absolute atomic E-state index is 0.545. The van der Waals surface area contributed by atoms with Crippen molar-refractivity contribution in [1.29, 1.82) is 0 Å². The van der Waals surface area contributed by atoms with Crippen molar-refractivity contribution in [1.82, 2.24) is 5.43 Å². The van der Waals surface area contributed by atoms with E-state index >= 15 is 0 Å². The number of ether oxygens (including phenoxy) is 1. The van der Waals surface area contributed by atoms with E-state index in [0.717, 1.165) is 22.1 Å². The van der Waals surface area contributed by atoms with Gasteiger partial charge in [-0.05, 0) is 24.4 Å². The molecule has 0 unspecified atom stereocenters. The van der Waals surface area contributed by atoms with Crippen LogP contribution in [-0.2, 0) is 4.79 Å². The zero-order chi connectivity index (χ0) is 14.4. The monoisotopic (exact) mass is 272 g/mol. The van der Waals surface area contributed by atoms with Gasteiger partial charge in [0.25, 0.3) is 5.91 Å². The molecule has 0 saturated heterocycles. The van der Waals surface area contributed by atoms with Crippen LogP contribution in [-0.4, -0.2) is 30.4 Å². The van der Waals surface area contributed by atoms with Crippen molar-refractivity contribution in [2.45, 2.75) is 6.92 Å². The Morgan fingerprint density at radius 1 is 1.30 bits per heavy atom. The van der Waals surface area contributed by atoms with Crippen LogP contribution in [0.1, 0.15) is 12.5 Å². The van der Waals surface area contributed by atoms with Crippen molar-refractivity contribution < 1.29 is 14.6 Å². The molecule has 0 atom stereocenters. The molecule has 20 heavy (non-hydrogen) atoms. The molecule has 0 heterocycles. The summed E-state index contributed by atoms with van der Waals surface area (Å²) < 4.78 is 5.59. The fraction of sp³-hybridized carbons (Fsp3) is 0.200. The predicted octanol–water partition coefficient (Wildman–Crippen LogP) is 1.68. The van der Waals surface area contributed by atoms with Gasteiger partial charge in [-0.15, -0.1) is 0 Å². The molecule has 5 heteroatoms. The average molecular weight is 272 g/mol. The first-order chi connectivity index (χ1) is 9.76. The molecule has 5 nitrogen and oxygen atoms in total. The van der Waals surface area contributed by atoms with Gasteiger partial charge in [0.05, 0.1) is 12.8 Å². The van der Waals surface area contributed by atoms with E-state index in [1.807, 2.05) is 43.3 Å². The van der Waals surface area contributed by atoms with Crippen LogP contribution in [0, 0.1) is 0 Å². The van der Waals surface area contributed by atoms with E-state index in [0.29, 0.717) is 6.61 Å². The lowest BCUT2D eigenvalue weighted by Gasteiger charge is -2.09. The molecule has 0 aliphatic rings. The van der Waals surface area contributed by atoms with Gasteiger partial charge in [-0.1, -0.05) is 24.3 Å². The summed E-state index contributed by atoms with van der Waals surface area (Å²) in [5.74, 6) is 0.274. The first kappa shape index (κ1) is 14.0. The van der Waals surface area contributed by atoms with E-state index in [-0.39, 0.29) is 0 Å². The molecule has 0 aliphatic carbocycles. The fourth-order valence-electron chi connectivity index (χ4n) is 1.90. The fourth-order valence-corrected chi connectivity index (χ4v) is 1.90. The Labute approximate surface area is 116 Å². The van der Waals surface area contributed by atoms with Crippen molar-refractivity contribution in [2.24, 2.45) is 5.10 Å². The summed E-state index contributed by atoms with van der Waals surface area (Å²) in [6, 6.07) is 11.6. The number of benzene rings is 2. The molecule has 0 saturated carbocycles. The van der Waals surface area contributed by atoms with E-state index in [2.05, 4.69) is 10.5 Å². The minimum atomic E-state index is -0.582. The molecule has 2 rings (SSSR count). The molecule has 2 aromatic rings. The number of amides is 1. The van der Waals surface area contributed by atoms with Gasteiger partial charge in [0.2, 0.25) is 0 Å². The van der Waals surface area contributed by atoms with Crippen LogP contribution in [0.4, 0.5) is 0 Å². The number of aliphatic hydroxyl groups excluding tert-OH is 1. The van der Waals surface area contributed by atoms with Gasteiger partial charge >= 0.3 is 0 Å². The van der Waals surface area contributed by atoms with Gasteiger partial charge in [0.1, 0.15) is 12.4 Å². The topological polar surface area (TPSA) is 70.9 Å². The third-order valence-corrected chi connectivity index (χ3v) is 2.75. The Balaban J connectivity index is 2.35. The van der Waals surface area contributed by atoms with Crippen LogP contribution in [0.5, 0.6) is 5.75 Å². The Bertz CT molecular complexity index is 638. The van der Waals surface area contributed by atoms with Crippen molar-refractivity contribution in [3.05, 3.63) is 42.0 Å². The van der Waals surface area contributed by atoms with Crippen molar-refractivity contribution >= 4 is 22.9 Å². The van der Waals surface area contributed by atoms with Gasteiger partial charge in [0, 0.05) is 10.9 Å². The van der Waals surface area contributed by atoms with Gasteiger partial charge in [-0.2, -0.15) is 5.10 Å². The molecule has 0 spiro atoms. The van der Waals surface area contributed by atoms with E-state index in [1.54, 1.807) is 6.21 Å². The van der Waals surface area contributed by atoms with Crippen LogP contribution in [0.3, 0.4) is 0 Å². The number of rotatable bonds is 5. The van der Waals surface area contributed by atoms with Crippen LogP contribution in [0.15, 0.2) is 41.5 Å². The second-order valence-electron chi connectivity index (χ2n) is 4.08. The molecule has 2 N–H and O–H groups in total. The summed E-state index contributed by atoms with van der Waals surface area (Å²) in [4.78, 5) is 10.9. The average Bonchev–Trinajstić information content (AvgIpc) is 2.49. The summed E-state index contributed by atoms with van der Waals surface area (Å²) in [6.07, 6.45) is 1.55. The van der Waals surface area contributed by atoms with Crippen molar-refractivity contribution in [3.8, 4) is 5.75 Å². The number of hydrazone groups is 1. The second kappa shape index (κ2) is 6.68. The van der Waals surface area contributed by atoms with E-state index in [9.17, 15) is 4.79 Å². The minimum Gasteiger partial charge on any atom is -0.493 e. The van der Waals surface area contributed by atoms with Gasteiger partial charge in [-0.25, -0.2) is 5.43 Å². The number of aliphatic hydroxyl groups is 1. The molecule has 1 amide bonds. The number of fused-ring (bicyclic) bond motifs is 1. The largest absolute Gasteiger partial charge is 0.493 e. The molecule has 0 aliphatic heterocycles. The number of carbonyl (C=O) groups excluding carboxylic acids is 1. The predicted molar refractivity (Wildman–Crippen MR) is 77.9 cm³/mol. The standard InChI is InChI=1S/C15H16N2O3/c1-2-20-14-8-7-11(9-16-17-15(19)10-18)12-5-3-4-6-13(12)14/h3-9,18H,2,10H2,1H3,(H,17,19)/b16-9+. The molecular formula is C15H16N2O3. The lowest BCUT2D eigenvalue weighted by atomic mass is 10.0. The van der Waals surface area contributed by atoms with Crippen LogP contribution < -0.4 is 10.2 Å². The molecule has 0 radical (unpaired) electrons. The first-order valence-electron chi connectivity index (χ1n) is 6.33. The molecule has 0 fully saturated rings. The van der Waals surface area contributed by atoms with Crippen LogP contribution in [0.25, 0.3) is 10.8 Å². The highest BCUT2D eigenvalue weighted by Crippen LogP contribution is 2.27. The van der Waals surface area contributed by atoms with Gasteiger partial charge in [0.15, 0.2) is 0 Å². The van der Waals surface area contributed by atoms with Gasteiger partial charge in [-0.3, -0.25) is 4.79 Å². The van der Waals surface area contributed by atoms with Crippen molar-refractivity contribution in [3.63, 3.8) is 0 Å². The maximum atomic E-state index is 10.9. The summed E-state index contributed by atoms with van der Waals surface area (Å²) in [7, 11) is 0. The van der Waals surface area contributed by atoms with Crippen molar-refractivity contribution in [2.75, 3.05) is 13.2 Å². The highest BCUT2D eigenvalue weighted by Gasteiger charge is 2.05. The zero-order valence-electron chi connectivity index (χ0n) is 11.2. The lowest BCUT2D eigenvalue weighted by molar-refractivity contribution is -0.123. The number of hydrogen-bond acceptors (Lipinski definition) is 4. The van der Waals surface area contributed by atoms with E-state index in [4.69, 9.17) is 9.84 Å². The molecule has 2 aromatic carbocycles. The maximum Gasteiger partial charge on any atom is 0.265 e. The number of hydrogen-bond donors (Lipinski definition) is 2. The third-order valence-electron chi connectivity index (χ3n) is 2.75. The van der Waals surface area contributed by atoms with E-state index in [1.165, 1.54) is 0 Å². The lowest BCUT2D eigenvalue weighted by Crippen LogP contribution is -2.20. The van der Waals surface area contributed by atoms with E-state index < -0.39 is 12.5 Å². The first-order valence-corrected chi connectivity index (χ1v) is 6.33. The Morgan fingerprint density at radius 3 is 2.75 bits per heavy atom.